The van der Waals surface area contributed by atoms with E-state index < -0.39 is 11.0 Å². The second-order valence-electron chi connectivity index (χ2n) is 4.54. The minimum absolute atomic E-state index is 0.0408. The summed E-state index contributed by atoms with van der Waals surface area (Å²) in [6.45, 7) is 3.83. The molecule has 0 aliphatic carbocycles. The molecule has 1 amide bonds. The van der Waals surface area contributed by atoms with Gasteiger partial charge in [-0.15, -0.1) is 0 Å². The van der Waals surface area contributed by atoms with Crippen LogP contribution >= 0.6 is 0 Å². The number of ether oxygens (including phenoxy) is 1. The fourth-order valence-electron chi connectivity index (χ4n) is 1.63. The van der Waals surface area contributed by atoms with Gasteiger partial charge in [-0.2, -0.15) is 0 Å². The molecular formula is C13H19N3O4. The van der Waals surface area contributed by atoms with Gasteiger partial charge in [-0.05, 0) is 12.0 Å². The largest absolute Gasteiger partial charge is 0.494 e. The topological polar surface area (TPSA) is 107 Å². The van der Waals surface area contributed by atoms with Gasteiger partial charge in [0.05, 0.1) is 29.8 Å². The van der Waals surface area contributed by atoms with Crippen LogP contribution in [0.2, 0.25) is 0 Å². The maximum absolute atomic E-state index is 12.0. The lowest BCUT2D eigenvalue weighted by Gasteiger charge is -2.18. The summed E-state index contributed by atoms with van der Waals surface area (Å²) in [6, 6.07) is 3.34. The Morgan fingerprint density at radius 1 is 1.55 bits per heavy atom. The number of rotatable bonds is 6. The number of carbonyl (C=O) groups excluding carboxylic acids is 1. The molecule has 0 radical (unpaired) electrons. The predicted molar refractivity (Wildman–Crippen MR) is 75.7 cm³/mol. The summed E-state index contributed by atoms with van der Waals surface area (Å²) in [7, 11) is 1.38. The number of nitro benzene ring substituents is 1. The number of methoxy groups -OCH3 is 1. The molecule has 20 heavy (non-hydrogen) atoms. The number of hydrogen-bond acceptors (Lipinski definition) is 5. The lowest BCUT2D eigenvalue weighted by molar-refractivity contribution is -0.384. The Morgan fingerprint density at radius 2 is 2.20 bits per heavy atom. The van der Waals surface area contributed by atoms with Crippen molar-refractivity contribution in [1.82, 2.24) is 0 Å². The van der Waals surface area contributed by atoms with Crippen molar-refractivity contribution in [3.05, 3.63) is 28.3 Å². The Morgan fingerprint density at radius 3 is 2.70 bits per heavy atom. The zero-order chi connectivity index (χ0) is 15.3. The average Bonchev–Trinajstić information content (AvgIpc) is 2.45. The van der Waals surface area contributed by atoms with E-state index in [0.717, 1.165) is 6.42 Å². The van der Waals surface area contributed by atoms with Gasteiger partial charge in [-0.25, -0.2) is 0 Å². The van der Waals surface area contributed by atoms with Crippen molar-refractivity contribution in [2.24, 2.45) is 11.7 Å². The van der Waals surface area contributed by atoms with Crippen molar-refractivity contribution < 1.29 is 14.5 Å². The number of amides is 1. The first kappa shape index (κ1) is 15.9. The molecule has 110 valence electrons. The molecule has 1 aromatic carbocycles. The number of hydrogen-bond donors (Lipinski definition) is 2. The van der Waals surface area contributed by atoms with E-state index in [2.05, 4.69) is 5.32 Å². The van der Waals surface area contributed by atoms with Crippen LogP contribution in [0.25, 0.3) is 0 Å². The van der Waals surface area contributed by atoms with Crippen LogP contribution in [0.5, 0.6) is 5.75 Å². The number of nitro groups is 1. The van der Waals surface area contributed by atoms with Gasteiger partial charge < -0.3 is 15.8 Å². The van der Waals surface area contributed by atoms with Gasteiger partial charge in [-0.3, -0.25) is 14.9 Å². The number of anilines is 1. The van der Waals surface area contributed by atoms with Gasteiger partial charge in [0, 0.05) is 6.07 Å². The molecule has 0 saturated carbocycles. The van der Waals surface area contributed by atoms with E-state index in [-0.39, 0.29) is 23.3 Å². The van der Waals surface area contributed by atoms with Crippen molar-refractivity contribution >= 4 is 17.3 Å². The summed E-state index contributed by atoms with van der Waals surface area (Å²) in [5, 5.41) is 13.3. The molecule has 7 nitrogen and oxygen atoms in total. The van der Waals surface area contributed by atoms with Crippen LogP contribution in [0.1, 0.15) is 20.3 Å². The molecule has 3 N–H and O–H groups in total. The molecule has 1 rings (SSSR count). The summed E-state index contributed by atoms with van der Waals surface area (Å²) in [5.74, 6) is -0.0746. The number of benzene rings is 1. The zero-order valence-corrected chi connectivity index (χ0v) is 11.8. The van der Waals surface area contributed by atoms with Gasteiger partial charge in [0.25, 0.3) is 5.69 Å². The third-order valence-electron chi connectivity index (χ3n) is 3.21. The van der Waals surface area contributed by atoms with E-state index in [1.807, 2.05) is 13.8 Å². The third kappa shape index (κ3) is 3.67. The van der Waals surface area contributed by atoms with Crippen molar-refractivity contribution in [3.8, 4) is 5.75 Å². The molecule has 0 saturated heterocycles. The number of nitrogens with zero attached hydrogens (tertiary/aromatic N) is 1. The van der Waals surface area contributed by atoms with Crippen molar-refractivity contribution in [1.29, 1.82) is 0 Å². The average molecular weight is 281 g/mol. The molecule has 0 aliphatic heterocycles. The Labute approximate surface area is 117 Å². The van der Waals surface area contributed by atoms with Crippen molar-refractivity contribution in [2.75, 3.05) is 12.4 Å². The monoisotopic (exact) mass is 281 g/mol. The van der Waals surface area contributed by atoms with E-state index in [1.54, 1.807) is 0 Å². The predicted octanol–water partition coefficient (Wildman–Crippen LogP) is 1.92. The number of nitrogens with two attached hydrogens (primary N) is 1. The standard InChI is InChI=1S/C13H19N3O4/c1-4-8(2)12(14)13(17)15-10-6-5-9(16(18)19)7-11(10)20-3/h5-8,12H,4,14H2,1-3H3,(H,15,17). The first-order chi connectivity index (χ1) is 9.40. The molecule has 0 heterocycles. The van der Waals surface area contributed by atoms with Crippen LogP contribution in [0.3, 0.4) is 0 Å². The highest BCUT2D eigenvalue weighted by Gasteiger charge is 2.21. The normalized spacial score (nSPS) is 13.4. The van der Waals surface area contributed by atoms with E-state index in [9.17, 15) is 14.9 Å². The van der Waals surface area contributed by atoms with Crippen LogP contribution in [0, 0.1) is 16.0 Å². The van der Waals surface area contributed by atoms with Crippen LogP contribution in [0.15, 0.2) is 18.2 Å². The smallest absolute Gasteiger partial charge is 0.273 e. The minimum atomic E-state index is -0.639. The Bertz CT molecular complexity index is 504. The summed E-state index contributed by atoms with van der Waals surface area (Å²) < 4.78 is 5.04. The fraction of sp³-hybridized carbons (Fsp3) is 0.462. The van der Waals surface area contributed by atoms with Crippen LogP contribution < -0.4 is 15.8 Å². The van der Waals surface area contributed by atoms with Crippen LogP contribution in [0.4, 0.5) is 11.4 Å². The van der Waals surface area contributed by atoms with Gasteiger partial charge in [0.1, 0.15) is 5.75 Å². The quantitative estimate of drug-likeness (QED) is 0.611. The van der Waals surface area contributed by atoms with E-state index in [1.165, 1.54) is 25.3 Å². The highest BCUT2D eigenvalue weighted by molar-refractivity contribution is 5.96. The maximum atomic E-state index is 12.0. The van der Waals surface area contributed by atoms with Gasteiger partial charge in [0.2, 0.25) is 5.91 Å². The first-order valence-electron chi connectivity index (χ1n) is 6.29. The summed E-state index contributed by atoms with van der Waals surface area (Å²) in [4.78, 5) is 22.1. The summed E-state index contributed by atoms with van der Waals surface area (Å²) in [5.41, 5.74) is 6.09. The SMILES string of the molecule is CCC(C)C(N)C(=O)Nc1ccc([N+](=O)[O-])cc1OC. The summed E-state index contributed by atoms with van der Waals surface area (Å²) in [6.07, 6.45) is 0.784. The molecule has 7 heteroatoms. The van der Waals surface area contributed by atoms with Crippen LogP contribution in [-0.4, -0.2) is 24.0 Å². The lowest BCUT2D eigenvalue weighted by Crippen LogP contribution is -2.40. The molecule has 2 atom stereocenters. The molecule has 0 spiro atoms. The number of nitrogens with one attached hydrogen (secondary N) is 1. The number of non-ortho nitro benzene ring substituents is 1. The minimum Gasteiger partial charge on any atom is -0.494 e. The van der Waals surface area contributed by atoms with Crippen molar-refractivity contribution in [3.63, 3.8) is 0 Å². The van der Waals surface area contributed by atoms with Gasteiger partial charge in [-0.1, -0.05) is 20.3 Å². The van der Waals surface area contributed by atoms with E-state index in [0.29, 0.717) is 5.69 Å². The van der Waals surface area contributed by atoms with Gasteiger partial charge >= 0.3 is 0 Å². The third-order valence-corrected chi connectivity index (χ3v) is 3.21. The first-order valence-corrected chi connectivity index (χ1v) is 6.29. The Hall–Kier alpha value is -2.15. The molecular weight excluding hydrogens is 262 g/mol. The number of carbonyl (C=O) groups is 1. The highest BCUT2D eigenvalue weighted by Crippen LogP contribution is 2.29. The fourth-order valence-corrected chi connectivity index (χ4v) is 1.63. The molecule has 0 aromatic heterocycles. The maximum Gasteiger partial charge on any atom is 0.273 e. The lowest BCUT2D eigenvalue weighted by atomic mass is 9.99. The van der Waals surface area contributed by atoms with Gasteiger partial charge in [0.15, 0.2) is 0 Å². The molecule has 0 fully saturated rings. The van der Waals surface area contributed by atoms with E-state index in [4.69, 9.17) is 10.5 Å². The highest BCUT2D eigenvalue weighted by atomic mass is 16.6. The van der Waals surface area contributed by atoms with E-state index >= 15 is 0 Å². The molecule has 0 bridgehead atoms. The van der Waals surface area contributed by atoms with Crippen LogP contribution in [-0.2, 0) is 4.79 Å². The molecule has 0 aliphatic rings. The second-order valence-corrected chi connectivity index (χ2v) is 4.54. The second kappa shape index (κ2) is 6.85. The Balaban J connectivity index is 2.92. The summed E-state index contributed by atoms with van der Waals surface area (Å²) >= 11 is 0. The molecule has 1 aromatic rings. The van der Waals surface area contributed by atoms with Crippen molar-refractivity contribution in [2.45, 2.75) is 26.3 Å². The Kier molecular flexibility index (Phi) is 5.45. The molecule has 2 unspecified atom stereocenters. The zero-order valence-electron chi connectivity index (χ0n) is 11.8.